The van der Waals surface area contributed by atoms with Crippen LogP contribution in [0.2, 0.25) is 0 Å². The minimum absolute atomic E-state index is 0.221. The fraction of sp³-hybridized carbons (Fsp3) is 0.400. The largest absolute Gasteiger partial charge is 0.434 e. The second-order valence-corrected chi connectivity index (χ2v) is 2.89. The molecule has 0 aliphatic heterocycles. The summed E-state index contributed by atoms with van der Waals surface area (Å²) in [6, 6.07) is 5.15. The number of rotatable bonds is 4. The maximum Gasteiger partial charge on any atom is 0.387 e. The lowest BCUT2D eigenvalue weighted by Gasteiger charge is -2.10. The quantitative estimate of drug-likeness (QED) is 0.808. The highest BCUT2D eigenvalue weighted by atomic mass is 19.3. The third-order valence-electron chi connectivity index (χ3n) is 1.79. The van der Waals surface area contributed by atoms with Gasteiger partial charge in [-0.25, -0.2) is 0 Å². The number of benzene rings is 1. The van der Waals surface area contributed by atoms with E-state index in [-0.39, 0.29) is 5.75 Å². The van der Waals surface area contributed by atoms with Crippen LogP contribution in [-0.4, -0.2) is 13.2 Å². The van der Waals surface area contributed by atoms with Gasteiger partial charge in [0.05, 0.1) is 0 Å². The number of alkyl halides is 2. The molecule has 0 aromatic heterocycles. The highest BCUT2D eigenvalue weighted by Gasteiger charge is 2.07. The molecule has 2 nitrogen and oxygen atoms in total. The zero-order valence-corrected chi connectivity index (χ0v) is 8.18. The van der Waals surface area contributed by atoms with E-state index in [9.17, 15) is 8.78 Å². The number of halogens is 2. The van der Waals surface area contributed by atoms with E-state index in [1.54, 1.807) is 19.1 Å². The summed E-state index contributed by atoms with van der Waals surface area (Å²) in [5.41, 5.74) is 1.49. The molecule has 0 amide bonds. The summed E-state index contributed by atoms with van der Waals surface area (Å²) in [4.78, 5) is 0. The van der Waals surface area contributed by atoms with Crippen LogP contribution in [0.15, 0.2) is 18.2 Å². The van der Waals surface area contributed by atoms with Crippen molar-refractivity contribution in [3.63, 3.8) is 0 Å². The predicted octanol–water partition coefficient (Wildman–Crippen LogP) is 3.03. The maximum atomic E-state index is 12.0. The molecular formula is C10H13F2NO. The standard InChI is InChI=1S/C10H13F2NO/c1-3-13-8-5-4-7(2)9(6-8)14-10(11)12/h4-6,10,13H,3H2,1-2H3. The van der Waals surface area contributed by atoms with Crippen molar-refractivity contribution in [3.05, 3.63) is 23.8 Å². The van der Waals surface area contributed by atoms with Gasteiger partial charge in [-0.1, -0.05) is 6.07 Å². The SMILES string of the molecule is CCNc1ccc(C)c(OC(F)F)c1. The molecule has 14 heavy (non-hydrogen) atoms. The molecule has 0 heterocycles. The Kier molecular flexibility index (Phi) is 3.68. The fourth-order valence-electron chi connectivity index (χ4n) is 1.14. The van der Waals surface area contributed by atoms with Crippen LogP contribution < -0.4 is 10.1 Å². The second kappa shape index (κ2) is 4.79. The van der Waals surface area contributed by atoms with E-state index in [4.69, 9.17) is 0 Å². The normalized spacial score (nSPS) is 10.4. The lowest BCUT2D eigenvalue weighted by molar-refractivity contribution is -0.0502. The van der Waals surface area contributed by atoms with Gasteiger partial charge >= 0.3 is 6.61 Å². The Morgan fingerprint density at radius 1 is 1.43 bits per heavy atom. The zero-order chi connectivity index (χ0) is 10.6. The first-order valence-electron chi connectivity index (χ1n) is 4.42. The van der Waals surface area contributed by atoms with Crippen LogP contribution in [0.4, 0.5) is 14.5 Å². The molecule has 0 fully saturated rings. The molecule has 0 aliphatic rings. The molecule has 0 aliphatic carbocycles. The number of aryl methyl sites for hydroxylation is 1. The molecule has 0 unspecified atom stereocenters. The van der Waals surface area contributed by atoms with Crippen molar-refractivity contribution in [2.24, 2.45) is 0 Å². The van der Waals surface area contributed by atoms with E-state index < -0.39 is 6.61 Å². The molecule has 1 N–H and O–H groups in total. The number of hydrogen-bond acceptors (Lipinski definition) is 2. The highest BCUT2D eigenvalue weighted by molar-refractivity contribution is 5.51. The van der Waals surface area contributed by atoms with Crippen molar-refractivity contribution in [3.8, 4) is 5.75 Å². The lowest BCUT2D eigenvalue weighted by atomic mass is 10.2. The van der Waals surface area contributed by atoms with Gasteiger partial charge in [0, 0.05) is 18.3 Å². The van der Waals surface area contributed by atoms with E-state index in [2.05, 4.69) is 10.1 Å². The van der Waals surface area contributed by atoms with Crippen LogP contribution in [0.5, 0.6) is 5.75 Å². The topological polar surface area (TPSA) is 21.3 Å². The number of ether oxygens (including phenoxy) is 1. The molecule has 4 heteroatoms. The van der Waals surface area contributed by atoms with Crippen LogP contribution in [0.25, 0.3) is 0 Å². The first-order chi connectivity index (χ1) is 6.63. The average Bonchev–Trinajstić information content (AvgIpc) is 2.10. The number of anilines is 1. The minimum Gasteiger partial charge on any atom is -0.434 e. The summed E-state index contributed by atoms with van der Waals surface area (Å²) < 4.78 is 28.3. The van der Waals surface area contributed by atoms with Gasteiger partial charge in [-0.3, -0.25) is 0 Å². The van der Waals surface area contributed by atoms with E-state index in [1.807, 2.05) is 13.0 Å². The predicted molar refractivity (Wildman–Crippen MR) is 52.0 cm³/mol. The van der Waals surface area contributed by atoms with Gasteiger partial charge in [-0.05, 0) is 25.5 Å². The smallest absolute Gasteiger partial charge is 0.387 e. The number of nitrogens with one attached hydrogen (secondary N) is 1. The Hall–Kier alpha value is -1.32. The molecule has 0 bridgehead atoms. The van der Waals surface area contributed by atoms with Gasteiger partial charge in [-0.15, -0.1) is 0 Å². The Balaban J connectivity index is 2.84. The molecule has 78 valence electrons. The Morgan fingerprint density at radius 3 is 2.71 bits per heavy atom. The van der Waals surface area contributed by atoms with Gasteiger partial charge in [-0.2, -0.15) is 8.78 Å². The van der Waals surface area contributed by atoms with Crippen LogP contribution in [0, 0.1) is 6.92 Å². The molecule has 0 spiro atoms. The molecule has 1 rings (SSSR count). The van der Waals surface area contributed by atoms with E-state index in [0.29, 0.717) is 5.56 Å². The van der Waals surface area contributed by atoms with Crippen LogP contribution in [0.1, 0.15) is 12.5 Å². The van der Waals surface area contributed by atoms with E-state index in [0.717, 1.165) is 12.2 Å². The fourth-order valence-corrected chi connectivity index (χ4v) is 1.14. The molecule has 1 aromatic rings. The summed E-state index contributed by atoms with van der Waals surface area (Å²) in [6.45, 7) is 1.64. The first kappa shape index (κ1) is 10.8. The van der Waals surface area contributed by atoms with Gasteiger partial charge < -0.3 is 10.1 Å². The van der Waals surface area contributed by atoms with E-state index >= 15 is 0 Å². The summed E-state index contributed by atoms with van der Waals surface area (Å²) >= 11 is 0. The minimum atomic E-state index is -2.77. The van der Waals surface area contributed by atoms with Gasteiger partial charge in [0.25, 0.3) is 0 Å². The van der Waals surface area contributed by atoms with Gasteiger partial charge in [0.1, 0.15) is 5.75 Å². The average molecular weight is 201 g/mol. The highest BCUT2D eigenvalue weighted by Crippen LogP contribution is 2.24. The molecule has 0 atom stereocenters. The summed E-state index contributed by atoms with van der Waals surface area (Å²) in [5, 5.41) is 3.02. The summed E-state index contributed by atoms with van der Waals surface area (Å²) in [7, 11) is 0. The number of hydrogen-bond donors (Lipinski definition) is 1. The van der Waals surface area contributed by atoms with Crippen molar-refractivity contribution < 1.29 is 13.5 Å². The molecule has 0 radical (unpaired) electrons. The Bertz CT molecular complexity index is 302. The van der Waals surface area contributed by atoms with Crippen molar-refractivity contribution in [2.45, 2.75) is 20.5 Å². The van der Waals surface area contributed by atoms with Crippen LogP contribution in [-0.2, 0) is 0 Å². The second-order valence-electron chi connectivity index (χ2n) is 2.89. The van der Waals surface area contributed by atoms with E-state index in [1.165, 1.54) is 0 Å². The van der Waals surface area contributed by atoms with Crippen molar-refractivity contribution in [1.29, 1.82) is 0 Å². The summed E-state index contributed by atoms with van der Waals surface area (Å²) in [5.74, 6) is 0.221. The van der Waals surface area contributed by atoms with Gasteiger partial charge in [0.15, 0.2) is 0 Å². The monoisotopic (exact) mass is 201 g/mol. The molecule has 1 aromatic carbocycles. The van der Waals surface area contributed by atoms with Crippen molar-refractivity contribution in [1.82, 2.24) is 0 Å². The molecule has 0 saturated heterocycles. The molecule has 0 saturated carbocycles. The van der Waals surface area contributed by atoms with Crippen molar-refractivity contribution in [2.75, 3.05) is 11.9 Å². The Morgan fingerprint density at radius 2 is 2.14 bits per heavy atom. The third-order valence-corrected chi connectivity index (χ3v) is 1.79. The summed E-state index contributed by atoms with van der Waals surface area (Å²) in [6.07, 6.45) is 0. The third kappa shape index (κ3) is 2.87. The first-order valence-corrected chi connectivity index (χ1v) is 4.42. The maximum absolute atomic E-state index is 12.0. The van der Waals surface area contributed by atoms with Crippen molar-refractivity contribution >= 4 is 5.69 Å². The van der Waals surface area contributed by atoms with Crippen LogP contribution in [0.3, 0.4) is 0 Å². The lowest BCUT2D eigenvalue weighted by Crippen LogP contribution is -2.04. The molecular weight excluding hydrogens is 188 g/mol. The Labute approximate surface area is 81.9 Å². The zero-order valence-electron chi connectivity index (χ0n) is 8.18. The van der Waals surface area contributed by atoms with Gasteiger partial charge in [0.2, 0.25) is 0 Å². The van der Waals surface area contributed by atoms with Crippen LogP contribution >= 0.6 is 0 Å².